The number of hydrogen-bond acceptors (Lipinski definition) is 4. The maximum Gasteiger partial charge on any atom is 0.104 e. The Morgan fingerprint density at radius 2 is 1.95 bits per heavy atom. The van der Waals surface area contributed by atoms with Crippen molar-refractivity contribution in [3.63, 3.8) is 0 Å². The average Bonchev–Trinajstić information content (AvgIpc) is 3.01. The Balaban J connectivity index is 1.81. The summed E-state index contributed by atoms with van der Waals surface area (Å²) in [5.74, 6) is 0. The molecule has 1 saturated heterocycles. The van der Waals surface area contributed by atoms with E-state index in [0.29, 0.717) is 0 Å². The topological polar surface area (TPSA) is 34.2 Å². The summed E-state index contributed by atoms with van der Waals surface area (Å²) < 4.78 is 5.63. The molecule has 4 rings (SSSR count). The lowest BCUT2D eigenvalue weighted by molar-refractivity contribution is 0.0630. The van der Waals surface area contributed by atoms with Gasteiger partial charge in [-0.2, -0.15) is 0 Å². The smallest absolute Gasteiger partial charge is 0.104 e. The normalized spacial score (nSPS) is 21.0. The summed E-state index contributed by atoms with van der Waals surface area (Å²) >= 11 is 1.91. The fraction of sp³-hybridized carbons (Fsp3) is 0.471. The molecule has 0 amide bonds. The number of aromatic nitrogens is 1. The highest BCUT2D eigenvalue weighted by atomic mass is 32.1. The van der Waals surface area contributed by atoms with Gasteiger partial charge in [-0.25, -0.2) is 4.98 Å². The zero-order chi connectivity index (χ0) is 14.1. The molecule has 0 radical (unpaired) electrons. The summed E-state index contributed by atoms with van der Waals surface area (Å²) in [5.41, 5.74) is 2.77. The van der Waals surface area contributed by atoms with Gasteiger partial charge in [-0.15, -0.1) is 11.3 Å². The van der Waals surface area contributed by atoms with E-state index >= 15 is 0 Å². The highest BCUT2D eigenvalue weighted by Gasteiger charge is 2.39. The molecule has 0 spiro atoms. The Morgan fingerprint density at radius 1 is 1.14 bits per heavy atom. The van der Waals surface area contributed by atoms with Crippen molar-refractivity contribution in [1.29, 1.82) is 0 Å². The van der Waals surface area contributed by atoms with Gasteiger partial charge in [0.15, 0.2) is 0 Å². The van der Waals surface area contributed by atoms with Crippen LogP contribution in [0.1, 0.15) is 34.0 Å². The van der Waals surface area contributed by atoms with Crippen molar-refractivity contribution < 1.29 is 4.74 Å². The second-order valence-corrected chi connectivity index (χ2v) is 6.96. The van der Waals surface area contributed by atoms with Crippen LogP contribution in [-0.4, -0.2) is 24.7 Å². The molecule has 1 fully saturated rings. The van der Waals surface area contributed by atoms with Gasteiger partial charge in [-0.05, 0) is 18.4 Å². The number of hydrogen-bond donors (Lipinski definition) is 1. The lowest BCUT2D eigenvalue weighted by Gasteiger charge is -2.36. The molecule has 110 valence electrons. The molecule has 4 heteroatoms. The number of rotatable bonds is 2. The molecule has 0 unspecified atom stereocenters. The molecule has 3 nitrogen and oxygen atoms in total. The van der Waals surface area contributed by atoms with Crippen molar-refractivity contribution in [2.45, 2.75) is 31.2 Å². The minimum absolute atomic E-state index is 0.0571. The summed E-state index contributed by atoms with van der Waals surface area (Å²) in [6.45, 7) is 3.70. The minimum Gasteiger partial charge on any atom is -0.381 e. The van der Waals surface area contributed by atoms with E-state index in [1.54, 1.807) is 0 Å². The van der Waals surface area contributed by atoms with Crippen molar-refractivity contribution in [1.82, 2.24) is 10.3 Å². The summed E-state index contributed by atoms with van der Waals surface area (Å²) in [5, 5.41) is 4.75. The molecule has 0 saturated carbocycles. The number of thiazole rings is 1. The molecule has 2 aliphatic heterocycles. The molecule has 2 aromatic rings. The van der Waals surface area contributed by atoms with Gasteiger partial charge >= 0.3 is 0 Å². The fourth-order valence-corrected chi connectivity index (χ4v) is 4.78. The number of ether oxygens (including phenoxy) is 1. The average molecular weight is 300 g/mol. The van der Waals surface area contributed by atoms with Gasteiger partial charge in [0.1, 0.15) is 5.01 Å². The van der Waals surface area contributed by atoms with Crippen LogP contribution in [0.25, 0.3) is 0 Å². The third-order valence-electron chi connectivity index (χ3n) is 4.68. The lowest BCUT2D eigenvalue weighted by Crippen LogP contribution is -2.35. The third kappa shape index (κ3) is 2.31. The van der Waals surface area contributed by atoms with E-state index in [4.69, 9.17) is 9.72 Å². The van der Waals surface area contributed by atoms with E-state index in [2.05, 4.69) is 35.6 Å². The number of benzene rings is 1. The van der Waals surface area contributed by atoms with E-state index < -0.39 is 0 Å². The number of nitrogens with one attached hydrogen (secondary N) is 1. The molecule has 1 N–H and O–H groups in total. The van der Waals surface area contributed by atoms with Crippen molar-refractivity contribution in [3.05, 3.63) is 51.5 Å². The van der Waals surface area contributed by atoms with Crippen LogP contribution in [0.4, 0.5) is 0 Å². The number of fused-ring (bicyclic) bond motifs is 1. The molecule has 1 aromatic carbocycles. The first kappa shape index (κ1) is 13.4. The Morgan fingerprint density at radius 3 is 2.71 bits per heavy atom. The molecule has 3 heterocycles. The lowest BCUT2D eigenvalue weighted by atomic mass is 9.74. The van der Waals surface area contributed by atoms with Gasteiger partial charge in [0.2, 0.25) is 0 Å². The first-order valence-corrected chi connectivity index (χ1v) is 8.53. The van der Waals surface area contributed by atoms with Crippen LogP contribution in [0.3, 0.4) is 0 Å². The maximum absolute atomic E-state index is 5.63. The van der Waals surface area contributed by atoms with Gasteiger partial charge in [0.05, 0.1) is 11.1 Å². The SMILES string of the molecule is c1ccc(C2(c3nc4c(s3)CNCC4)CCOCC2)cc1. The Bertz CT molecular complexity index is 593. The van der Waals surface area contributed by atoms with Crippen molar-refractivity contribution in [2.75, 3.05) is 19.8 Å². The minimum atomic E-state index is 0.0571. The van der Waals surface area contributed by atoms with E-state index in [9.17, 15) is 0 Å². The van der Waals surface area contributed by atoms with Crippen LogP contribution in [0.15, 0.2) is 30.3 Å². The van der Waals surface area contributed by atoms with Crippen LogP contribution in [0.2, 0.25) is 0 Å². The molecule has 0 aliphatic carbocycles. The zero-order valence-electron chi connectivity index (χ0n) is 12.1. The first-order valence-electron chi connectivity index (χ1n) is 7.71. The molecular weight excluding hydrogens is 280 g/mol. The van der Waals surface area contributed by atoms with Crippen LogP contribution >= 0.6 is 11.3 Å². The predicted octanol–water partition coefficient (Wildman–Crippen LogP) is 2.89. The second kappa shape index (κ2) is 5.52. The van der Waals surface area contributed by atoms with E-state index in [-0.39, 0.29) is 5.41 Å². The predicted molar refractivity (Wildman–Crippen MR) is 84.8 cm³/mol. The Kier molecular flexibility index (Phi) is 3.53. The molecule has 0 bridgehead atoms. The van der Waals surface area contributed by atoms with E-state index in [1.165, 1.54) is 21.1 Å². The molecule has 1 aromatic heterocycles. The number of nitrogens with zero attached hydrogens (tertiary/aromatic N) is 1. The van der Waals surface area contributed by atoms with Gasteiger partial charge in [-0.3, -0.25) is 0 Å². The van der Waals surface area contributed by atoms with Crippen molar-refractivity contribution >= 4 is 11.3 Å². The van der Waals surface area contributed by atoms with Crippen LogP contribution in [-0.2, 0) is 23.1 Å². The monoisotopic (exact) mass is 300 g/mol. The summed E-state index contributed by atoms with van der Waals surface area (Å²) in [4.78, 5) is 6.47. The first-order chi connectivity index (χ1) is 10.4. The van der Waals surface area contributed by atoms with E-state index in [1.807, 2.05) is 11.3 Å². The van der Waals surface area contributed by atoms with E-state index in [0.717, 1.165) is 45.6 Å². The fourth-order valence-electron chi connectivity index (χ4n) is 3.43. The third-order valence-corrected chi connectivity index (χ3v) is 5.99. The molecule has 21 heavy (non-hydrogen) atoms. The van der Waals surface area contributed by atoms with Gasteiger partial charge < -0.3 is 10.1 Å². The molecule has 2 aliphatic rings. The van der Waals surface area contributed by atoms with Gasteiger partial charge in [-0.1, -0.05) is 30.3 Å². The summed E-state index contributed by atoms with van der Waals surface area (Å²) in [6.07, 6.45) is 3.14. The quantitative estimate of drug-likeness (QED) is 0.926. The van der Waals surface area contributed by atoms with Crippen LogP contribution in [0, 0.1) is 0 Å². The highest BCUT2D eigenvalue weighted by molar-refractivity contribution is 7.12. The Labute approximate surface area is 129 Å². The van der Waals surface area contributed by atoms with Crippen LogP contribution < -0.4 is 5.32 Å². The zero-order valence-corrected chi connectivity index (χ0v) is 12.9. The van der Waals surface area contributed by atoms with Gasteiger partial charge in [0, 0.05) is 37.6 Å². The van der Waals surface area contributed by atoms with Crippen molar-refractivity contribution in [3.8, 4) is 0 Å². The Hall–Kier alpha value is -1.23. The molecule has 0 atom stereocenters. The van der Waals surface area contributed by atoms with Crippen molar-refractivity contribution in [2.24, 2.45) is 0 Å². The van der Waals surface area contributed by atoms with Crippen LogP contribution in [0.5, 0.6) is 0 Å². The summed E-state index contributed by atoms with van der Waals surface area (Å²) in [7, 11) is 0. The highest BCUT2D eigenvalue weighted by Crippen LogP contribution is 2.43. The maximum atomic E-state index is 5.63. The second-order valence-electron chi connectivity index (χ2n) is 5.88. The van der Waals surface area contributed by atoms with Gasteiger partial charge in [0.25, 0.3) is 0 Å². The largest absolute Gasteiger partial charge is 0.381 e. The standard InChI is InChI=1S/C17H20N2OS/c1-2-4-13(5-3-1)17(7-10-20-11-8-17)16-19-14-6-9-18-12-15(14)21-16/h1-5,18H,6-12H2. The summed E-state index contributed by atoms with van der Waals surface area (Å²) in [6, 6.07) is 10.9. The molecular formula is C17H20N2OS.